The minimum atomic E-state index is -3.71. The van der Waals surface area contributed by atoms with Crippen molar-refractivity contribution in [3.63, 3.8) is 0 Å². The van der Waals surface area contributed by atoms with Gasteiger partial charge >= 0.3 is 0 Å². The predicted molar refractivity (Wildman–Crippen MR) is 131 cm³/mol. The Morgan fingerprint density at radius 1 is 0.912 bits per heavy atom. The Bertz CT molecular complexity index is 1550. The molecule has 1 aromatic heterocycles. The molecule has 2 heterocycles. The number of benzene rings is 3. The van der Waals surface area contributed by atoms with E-state index in [4.69, 9.17) is 0 Å². The van der Waals surface area contributed by atoms with Crippen molar-refractivity contribution in [1.29, 1.82) is 0 Å². The summed E-state index contributed by atoms with van der Waals surface area (Å²) in [5.74, 6) is -0.0155. The van der Waals surface area contributed by atoms with Crippen LogP contribution < -0.4 is 10.6 Å². The Hall–Kier alpha value is -4.24. The third-order valence-corrected chi connectivity index (χ3v) is 6.77. The number of hydrogen-bond acceptors (Lipinski definition) is 5. The van der Waals surface area contributed by atoms with Gasteiger partial charge in [0.15, 0.2) is 5.84 Å². The Balaban J connectivity index is 1.35. The summed E-state index contributed by atoms with van der Waals surface area (Å²) in [7, 11) is -3.71. The topological polar surface area (TPSA) is 105 Å². The lowest BCUT2D eigenvalue weighted by atomic mass is 10.1. The summed E-state index contributed by atoms with van der Waals surface area (Å²) in [5, 5.41) is 10.5. The third kappa shape index (κ3) is 3.97. The van der Waals surface area contributed by atoms with Crippen molar-refractivity contribution < 1.29 is 13.2 Å². The second-order valence-corrected chi connectivity index (χ2v) is 9.50. The van der Waals surface area contributed by atoms with Crippen LogP contribution in [0.3, 0.4) is 0 Å². The van der Waals surface area contributed by atoms with Gasteiger partial charge in [-0.1, -0.05) is 24.3 Å². The van der Waals surface area contributed by atoms with Crippen LogP contribution in [-0.4, -0.2) is 29.9 Å². The van der Waals surface area contributed by atoms with E-state index in [9.17, 15) is 13.2 Å². The van der Waals surface area contributed by atoms with Crippen LogP contribution in [0.5, 0.6) is 0 Å². The number of carbonyl (C=O) groups is 1. The number of rotatable bonds is 4. The molecule has 1 aliphatic rings. The van der Waals surface area contributed by atoms with E-state index in [1.54, 1.807) is 47.1 Å². The number of para-hydroxylation sites is 2. The average Bonchev–Trinajstić information content (AvgIpc) is 3.29. The number of aromatic nitrogens is 2. The Kier molecular flexibility index (Phi) is 5.25. The molecule has 3 aromatic carbocycles. The molecule has 0 radical (unpaired) electrons. The minimum absolute atomic E-state index is 0.176. The minimum Gasteiger partial charge on any atom is -0.339 e. The first kappa shape index (κ1) is 21.6. The zero-order chi connectivity index (χ0) is 23.9. The maximum Gasteiger partial charge on any atom is 0.285 e. The summed E-state index contributed by atoms with van der Waals surface area (Å²) >= 11 is 0. The van der Waals surface area contributed by atoms with E-state index in [2.05, 4.69) is 20.1 Å². The van der Waals surface area contributed by atoms with E-state index >= 15 is 0 Å². The van der Waals surface area contributed by atoms with E-state index in [1.807, 2.05) is 44.2 Å². The number of fused-ring (bicyclic) bond motifs is 1. The number of sulfonamides is 1. The van der Waals surface area contributed by atoms with Crippen LogP contribution >= 0.6 is 0 Å². The Morgan fingerprint density at radius 2 is 1.62 bits per heavy atom. The molecular weight excluding hydrogens is 450 g/mol. The maximum absolute atomic E-state index is 12.9. The summed E-state index contributed by atoms with van der Waals surface area (Å²) in [5.41, 5.74) is 4.87. The van der Waals surface area contributed by atoms with Gasteiger partial charge < -0.3 is 10.6 Å². The molecule has 0 bridgehead atoms. The van der Waals surface area contributed by atoms with E-state index in [0.717, 1.165) is 17.1 Å². The third-order valence-electron chi connectivity index (χ3n) is 5.43. The van der Waals surface area contributed by atoms with Crippen LogP contribution in [0.1, 0.15) is 27.3 Å². The van der Waals surface area contributed by atoms with Crippen LogP contribution in [0.4, 0.5) is 11.4 Å². The van der Waals surface area contributed by atoms with Gasteiger partial charge in [0.1, 0.15) is 4.90 Å². The van der Waals surface area contributed by atoms with Gasteiger partial charge in [0, 0.05) is 22.5 Å². The molecule has 0 fully saturated rings. The predicted octanol–water partition coefficient (Wildman–Crippen LogP) is 4.30. The summed E-state index contributed by atoms with van der Waals surface area (Å²) in [6.07, 6.45) is 0. The number of nitrogens with zero attached hydrogens (tertiary/aromatic N) is 3. The molecule has 4 aromatic rings. The van der Waals surface area contributed by atoms with Crippen molar-refractivity contribution >= 4 is 33.1 Å². The first-order valence-electron chi connectivity index (χ1n) is 10.6. The van der Waals surface area contributed by atoms with Crippen molar-refractivity contribution in [2.24, 2.45) is 4.40 Å². The number of amides is 1. The van der Waals surface area contributed by atoms with Gasteiger partial charge in [-0.2, -0.15) is 13.5 Å². The molecule has 34 heavy (non-hydrogen) atoms. The van der Waals surface area contributed by atoms with Crippen molar-refractivity contribution in [2.75, 3.05) is 10.6 Å². The molecule has 170 valence electrons. The van der Waals surface area contributed by atoms with Crippen LogP contribution in [0.2, 0.25) is 0 Å². The number of anilines is 2. The first-order chi connectivity index (χ1) is 16.3. The number of aryl methyl sites for hydroxylation is 2. The highest BCUT2D eigenvalue weighted by atomic mass is 32.2. The van der Waals surface area contributed by atoms with Crippen molar-refractivity contribution in [2.45, 2.75) is 18.7 Å². The van der Waals surface area contributed by atoms with Gasteiger partial charge in [0.2, 0.25) is 0 Å². The Labute approximate surface area is 197 Å². The number of nitrogens with one attached hydrogen (secondary N) is 2. The van der Waals surface area contributed by atoms with E-state index < -0.39 is 10.0 Å². The fraction of sp³-hybridized carbons (Fsp3) is 0.0800. The van der Waals surface area contributed by atoms with Crippen LogP contribution in [-0.2, 0) is 10.0 Å². The molecule has 1 amide bonds. The number of amidine groups is 1. The lowest BCUT2D eigenvalue weighted by Gasteiger charge is -2.13. The molecule has 9 heteroatoms. The smallest absolute Gasteiger partial charge is 0.285 e. The van der Waals surface area contributed by atoms with Crippen LogP contribution in [0, 0.1) is 13.8 Å². The van der Waals surface area contributed by atoms with Gasteiger partial charge in [-0.3, -0.25) is 4.79 Å². The van der Waals surface area contributed by atoms with Crippen molar-refractivity contribution in [3.05, 3.63) is 101 Å². The zero-order valence-electron chi connectivity index (χ0n) is 18.5. The van der Waals surface area contributed by atoms with E-state index in [1.165, 1.54) is 6.07 Å². The van der Waals surface area contributed by atoms with E-state index in [0.29, 0.717) is 22.5 Å². The molecule has 0 saturated carbocycles. The fourth-order valence-electron chi connectivity index (χ4n) is 3.87. The standard InChI is InChI=1S/C25H21N5O3S/c1-16-15-17(2)30(28-16)22-9-5-4-8-21(22)27-25(31)18-11-13-19(14-12-18)26-24-20-7-3-6-10-23(20)34(32,33)29-24/h3-15H,1-2H3,(H,26,29)(H,27,31). The largest absolute Gasteiger partial charge is 0.339 e. The number of hydrogen-bond donors (Lipinski definition) is 2. The molecule has 0 unspecified atom stereocenters. The maximum atomic E-state index is 12.9. The molecular formula is C25H21N5O3S. The summed E-state index contributed by atoms with van der Waals surface area (Å²) in [4.78, 5) is 13.1. The normalized spacial score (nSPS) is 13.8. The Morgan fingerprint density at radius 3 is 2.35 bits per heavy atom. The lowest BCUT2D eigenvalue weighted by molar-refractivity contribution is 0.102. The van der Waals surface area contributed by atoms with Crippen LogP contribution in [0.15, 0.2) is 88.2 Å². The highest BCUT2D eigenvalue weighted by Gasteiger charge is 2.28. The molecule has 0 aliphatic carbocycles. The molecule has 1 aliphatic heterocycles. The van der Waals surface area contributed by atoms with Gasteiger partial charge in [0.05, 0.1) is 17.1 Å². The second-order valence-electron chi connectivity index (χ2n) is 7.92. The second kappa shape index (κ2) is 8.27. The first-order valence-corrected chi connectivity index (χ1v) is 12.0. The molecule has 0 spiro atoms. The van der Waals surface area contributed by atoms with Gasteiger partial charge in [0.25, 0.3) is 15.9 Å². The average molecular weight is 472 g/mol. The summed E-state index contributed by atoms with van der Waals surface area (Å²) < 4.78 is 30.1. The molecule has 2 N–H and O–H groups in total. The van der Waals surface area contributed by atoms with Crippen LogP contribution in [0.25, 0.3) is 5.69 Å². The SMILES string of the molecule is Cc1cc(C)n(-c2ccccc2NC(=O)c2ccc(NC3=NS(=O)(=O)c4ccccc43)cc2)n1. The molecule has 5 rings (SSSR count). The monoisotopic (exact) mass is 471 g/mol. The summed E-state index contributed by atoms with van der Waals surface area (Å²) in [6.45, 7) is 3.88. The highest BCUT2D eigenvalue weighted by molar-refractivity contribution is 7.90. The van der Waals surface area contributed by atoms with E-state index in [-0.39, 0.29) is 16.6 Å². The summed E-state index contributed by atoms with van der Waals surface area (Å²) in [6, 6.07) is 22.8. The highest BCUT2D eigenvalue weighted by Crippen LogP contribution is 2.27. The molecule has 8 nitrogen and oxygen atoms in total. The quantitative estimate of drug-likeness (QED) is 0.462. The van der Waals surface area contributed by atoms with Crippen molar-refractivity contribution in [1.82, 2.24) is 9.78 Å². The van der Waals surface area contributed by atoms with Gasteiger partial charge in [-0.05, 0) is 68.4 Å². The number of carbonyl (C=O) groups excluding carboxylic acids is 1. The van der Waals surface area contributed by atoms with Gasteiger partial charge in [-0.15, -0.1) is 4.40 Å². The van der Waals surface area contributed by atoms with Crippen molar-refractivity contribution in [3.8, 4) is 5.69 Å². The van der Waals surface area contributed by atoms with Gasteiger partial charge in [-0.25, -0.2) is 4.68 Å². The molecule has 0 atom stereocenters. The zero-order valence-corrected chi connectivity index (χ0v) is 19.3. The fourth-order valence-corrected chi connectivity index (χ4v) is 5.04. The molecule has 0 saturated heterocycles. The lowest BCUT2D eigenvalue weighted by Crippen LogP contribution is -2.15.